The molecule has 1 aromatic rings. The Hall–Kier alpha value is -2.60. The van der Waals surface area contributed by atoms with Gasteiger partial charge in [-0.25, -0.2) is 0 Å². The highest BCUT2D eigenvalue weighted by Gasteiger charge is 2.52. The third kappa shape index (κ3) is 4.08. The largest absolute Gasteiger partial charge is 0.493 e. The molecule has 2 unspecified atom stereocenters. The van der Waals surface area contributed by atoms with Gasteiger partial charge >= 0.3 is 5.97 Å². The van der Waals surface area contributed by atoms with Crippen LogP contribution in [-0.4, -0.2) is 31.3 Å². The van der Waals surface area contributed by atoms with Crippen LogP contribution in [0, 0.1) is 17.8 Å². The summed E-state index contributed by atoms with van der Waals surface area (Å²) in [7, 11) is 1.53. The number of benzene rings is 1. The number of fused-ring (bicyclic) bond motifs is 1. The minimum atomic E-state index is -0.655. The van der Waals surface area contributed by atoms with Gasteiger partial charge in [-0.3, -0.25) is 9.59 Å². The second-order valence-corrected chi connectivity index (χ2v) is 7.80. The Kier molecular flexibility index (Phi) is 6.13. The van der Waals surface area contributed by atoms with E-state index in [1.807, 2.05) is 25.1 Å². The zero-order valence-electron chi connectivity index (χ0n) is 17.4. The van der Waals surface area contributed by atoms with E-state index in [1.165, 1.54) is 14.0 Å². The number of methoxy groups -OCH3 is 1. The van der Waals surface area contributed by atoms with Crippen LogP contribution in [0.4, 0.5) is 0 Å². The molecule has 0 N–H and O–H groups in total. The SMILES string of the molecule is C=CC(C)[C@H]1C[C@]2(C(C)Cc3ccc(OC)c(OC(C)=O)c3)OCOC2=CC1=O. The molecule has 1 heterocycles. The molecule has 3 rings (SSSR count). The van der Waals surface area contributed by atoms with Gasteiger partial charge in [-0.2, -0.15) is 0 Å². The number of esters is 1. The smallest absolute Gasteiger partial charge is 0.308 e. The summed E-state index contributed by atoms with van der Waals surface area (Å²) in [5.74, 6) is 1.04. The Morgan fingerprint density at radius 1 is 1.38 bits per heavy atom. The number of hydrogen-bond donors (Lipinski definition) is 0. The molecule has 6 heteroatoms. The van der Waals surface area contributed by atoms with Gasteiger partial charge in [0.2, 0.25) is 0 Å². The van der Waals surface area contributed by atoms with E-state index >= 15 is 0 Å². The molecule has 0 amide bonds. The van der Waals surface area contributed by atoms with Gasteiger partial charge in [-0.05, 0) is 42.4 Å². The van der Waals surface area contributed by atoms with Crippen LogP contribution in [-0.2, 0) is 25.5 Å². The average molecular weight is 400 g/mol. The topological polar surface area (TPSA) is 71.1 Å². The fourth-order valence-electron chi connectivity index (χ4n) is 4.17. The molecule has 2 aliphatic rings. The second-order valence-electron chi connectivity index (χ2n) is 7.80. The number of hydrogen-bond acceptors (Lipinski definition) is 6. The van der Waals surface area contributed by atoms with Crippen LogP contribution in [0.1, 0.15) is 32.8 Å². The molecule has 6 nitrogen and oxygen atoms in total. The Balaban J connectivity index is 1.88. The summed E-state index contributed by atoms with van der Waals surface area (Å²) in [6.45, 7) is 9.42. The van der Waals surface area contributed by atoms with Crippen LogP contribution in [0.5, 0.6) is 11.5 Å². The molecule has 0 spiro atoms. The lowest BCUT2D eigenvalue weighted by Gasteiger charge is -2.39. The van der Waals surface area contributed by atoms with E-state index < -0.39 is 11.6 Å². The zero-order valence-corrected chi connectivity index (χ0v) is 17.4. The first-order chi connectivity index (χ1) is 13.8. The molecule has 0 bridgehead atoms. The number of ether oxygens (including phenoxy) is 4. The second kappa shape index (κ2) is 8.41. The molecule has 1 saturated heterocycles. The van der Waals surface area contributed by atoms with Crippen molar-refractivity contribution in [3.63, 3.8) is 0 Å². The van der Waals surface area contributed by atoms with Crippen molar-refractivity contribution in [2.75, 3.05) is 13.9 Å². The van der Waals surface area contributed by atoms with E-state index in [4.69, 9.17) is 18.9 Å². The number of carbonyl (C=O) groups is 2. The van der Waals surface area contributed by atoms with Gasteiger partial charge in [-0.15, -0.1) is 6.58 Å². The van der Waals surface area contributed by atoms with Gasteiger partial charge in [0.05, 0.1) is 7.11 Å². The summed E-state index contributed by atoms with van der Waals surface area (Å²) in [5.41, 5.74) is 0.321. The standard InChI is InChI=1S/C23H28O6/c1-6-14(2)18-12-23(22(11-19(18)25)27-13-28-23)15(3)9-17-7-8-20(26-5)21(10-17)29-16(4)24/h6-8,10-11,14-15,18H,1,9,12-13H2,2-5H3/t14?,15?,18-,23-/m1/s1. The van der Waals surface area contributed by atoms with Gasteiger partial charge in [0.1, 0.15) is 11.4 Å². The van der Waals surface area contributed by atoms with E-state index in [-0.39, 0.29) is 30.3 Å². The van der Waals surface area contributed by atoms with Crippen molar-refractivity contribution < 1.29 is 28.5 Å². The van der Waals surface area contributed by atoms with Gasteiger partial charge in [0.25, 0.3) is 0 Å². The lowest BCUT2D eigenvalue weighted by Crippen LogP contribution is -2.46. The molecule has 1 aliphatic heterocycles. The van der Waals surface area contributed by atoms with Gasteiger partial charge in [0, 0.05) is 18.9 Å². The molecule has 0 aromatic heterocycles. The molecule has 1 aliphatic carbocycles. The van der Waals surface area contributed by atoms with Crippen molar-refractivity contribution in [2.45, 2.75) is 39.2 Å². The van der Waals surface area contributed by atoms with Crippen molar-refractivity contribution in [3.05, 3.63) is 48.3 Å². The highest BCUT2D eigenvalue weighted by atomic mass is 16.7. The van der Waals surface area contributed by atoms with E-state index in [9.17, 15) is 9.59 Å². The Bertz CT molecular complexity index is 842. The molecule has 4 atom stereocenters. The third-order valence-corrected chi connectivity index (χ3v) is 5.94. The van der Waals surface area contributed by atoms with Crippen molar-refractivity contribution in [2.24, 2.45) is 17.8 Å². The first-order valence-corrected chi connectivity index (χ1v) is 9.81. The van der Waals surface area contributed by atoms with Crippen molar-refractivity contribution >= 4 is 11.8 Å². The highest BCUT2D eigenvalue weighted by Crippen LogP contribution is 2.47. The first-order valence-electron chi connectivity index (χ1n) is 9.81. The summed E-state index contributed by atoms with van der Waals surface area (Å²) < 4.78 is 22.3. The number of ketones is 1. The van der Waals surface area contributed by atoms with Gasteiger partial charge < -0.3 is 18.9 Å². The van der Waals surface area contributed by atoms with Crippen LogP contribution in [0.25, 0.3) is 0 Å². The number of rotatable bonds is 7. The monoisotopic (exact) mass is 400 g/mol. The van der Waals surface area contributed by atoms with Crippen molar-refractivity contribution in [1.82, 2.24) is 0 Å². The number of carbonyl (C=O) groups excluding carboxylic acids is 2. The highest BCUT2D eigenvalue weighted by molar-refractivity contribution is 5.94. The quantitative estimate of drug-likeness (QED) is 0.393. The van der Waals surface area contributed by atoms with Crippen LogP contribution >= 0.6 is 0 Å². The lowest BCUT2D eigenvalue weighted by molar-refractivity contribution is -0.132. The van der Waals surface area contributed by atoms with E-state index in [2.05, 4.69) is 13.5 Å². The van der Waals surface area contributed by atoms with Crippen LogP contribution in [0.3, 0.4) is 0 Å². The van der Waals surface area contributed by atoms with Crippen molar-refractivity contribution in [3.8, 4) is 11.5 Å². The molecule has 156 valence electrons. The minimum Gasteiger partial charge on any atom is -0.493 e. The summed E-state index contributed by atoms with van der Waals surface area (Å²) in [6.07, 6.45) is 4.61. The average Bonchev–Trinajstić information content (AvgIpc) is 3.10. The summed E-state index contributed by atoms with van der Waals surface area (Å²) in [5, 5.41) is 0. The van der Waals surface area contributed by atoms with Crippen LogP contribution < -0.4 is 9.47 Å². The van der Waals surface area contributed by atoms with E-state index in [1.54, 1.807) is 12.1 Å². The van der Waals surface area contributed by atoms with Crippen LogP contribution in [0.15, 0.2) is 42.7 Å². The maximum atomic E-state index is 12.6. The zero-order chi connectivity index (χ0) is 21.2. The summed E-state index contributed by atoms with van der Waals surface area (Å²) >= 11 is 0. The van der Waals surface area contributed by atoms with Crippen molar-refractivity contribution in [1.29, 1.82) is 0 Å². The number of allylic oxidation sites excluding steroid dienone is 2. The fraction of sp³-hybridized carbons (Fsp3) is 0.478. The van der Waals surface area contributed by atoms with Gasteiger partial charge in [-0.1, -0.05) is 26.0 Å². The predicted molar refractivity (Wildman–Crippen MR) is 107 cm³/mol. The van der Waals surface area contributed by atoms with E-state index in [0.29, 0.717) is 30.1 Å². The van der Waals surface area contributed by atoms with Gasteiger partial charge in [0.15, 0.2) is 24.1 Å². The van der Waals surface area contributed by atoms with E-state index in [0.717, 1.165) is 5.56 Å². The molecule has 1 aromatic carbocycles. The third-order valence-electron chi connectivity index (χ3n) is 5.94. The normalized spacial score (nSPS) is 25.3. The molecular formula is C23H28O6. The first kappa shape index (κ1) is 21.1. The maximum absolute atomic E-state index is 12.6. The molecule has 1 fully saturated rings. The fourth-order valence-corrected chi connectivity index (χ4v) is 4.17. The Morgan fingerprint density at radius 3 is 2.79 bits per heavy atom. The lowest BCUT2D eigenvalue weighted by atomic mass is 9.69. The summed E-state index contributed by atoms with van der Waals surface area (Å²) in [4.78, 5) is 24.0. The Labute approximate surface area is 171 Å². The predicted octanol–water partition coefficient (Wildman–Crippen LogP) is 3.84. The molecular weight excluding hydrogens is 372 g/mol. The minimum absolute atomic E-state index is 0.0300. The molecule has 0 saturated carbocycles. The Morgan fingerprint density at radius 2 is 2.14 bits per heavy atom. The summed E-state index contributed by atoms with van der Waals surface area (Å²) in [6, 6.07) is 5.54. The van der Waals surface area contributed by atoms with Crippen LogP contribution in [0.2, 0.25) is 0 Å². The molecule has 29 heavy (non-hydrogen) atoms. The maximum Gasteiger partial charge on any atom is 0.308 e. The molecule has 0 radical (unpaired) electrons.